The average molecular weight is 557 g/mol. The fraction of sp³-hybridized carbons (Fsp3) is 0.552. The van der Waals surface area contributed by atoms with Crippen molar-refractivity contribution in [1.82, 2.24) is 14.4 Å². The Labute approximate surface area is 234 Å². The monoisotopic (exact) mass is 556 g/mol. The summed E-state index contributed by atoms with van der Waals surface area (Å²) in [5, 5.41) is 10.5. The van der Waals surface area contributed by atoms with Crippen molar-refractivity contribution in [3.63, 3.8) is 0 Å². The first-order chi connectivity index (χ1) is 19.4. The highest BCUT2D eigenvalue weighted by Crippen LogP contribution is 2.47. The molecule has 2 aromatic rings. The first-order valence-electron chi connectivity index (χ1n) is 14.0. The molecule has 1 saturated heterocycles. The molecule has 4 rings (SSSR count). The van der Waals surface area contributed by atoms with Gasteiger partial charge in [0.15, 0.2) is 11.5 Å². The zero-order chi connectivity index (χ0) is 28.6. The van der Waals surface area contributed by atoms with Crippen LogP contribution in [0.5, 0.6) is 17.2 Å². The molecule has 3 N–H and O–H groups in total. The number of pyridine rings is 1. The third-order valence-corrected chi connectivity index (χ3v) is 7.81. The SMILES string of the molecule is CCCCN(CCCN)C(=O)CN1CC(c2cc(OC)c3c(c2)OCO3)C(C(=O)O)C1CCn1ccccc1=O. The Bertz CT molecular complexity index is 1230. The van der Waals surface area contributed by atoms with Gasteiger partial charge in [0.05, 0.1) is 19.6 Å². The molecular weight excluding hydrogens is 516 g/mol. The van der Waals surface area contributed by atoms with Gasteiger partial charge in [-0.1, -0.05) is 19.4 Å². The van der Waals surface area contributed by atoms with Crippen LogP contribution >= 0.6 is 0 Å². The van der Waals surface area contributed by atoms with Crippen molar-refractivity contribution in [3.8, 4) is 17.2 Å². The molecule has 0 aliphatic carbocycles. The smallest absolute Gasteiger partial charge is 0.308 e. The number of benzene rings is 1. The number of ether oxygens (including phenoxy) is 3. The van der Waals surface area contributed by atoms with Gasteiger partial charge in [-0.15, -0.1) is 0 Å². The van der Waals surface area contributed by atoms with Crippen molar-refractivity contribution >= 4 is 11.9 Å². The number of amides is 1. The minimum atomic E-state index is -0.951. The number of carbonyl (C=O) groups is 2. The summed E-state index contributed by atoms with van der Waals surface area (Å²) in [6.07, 6.45) is 4.63. The molecule has 2 aliphatic heterocycles. The largest absolute Gasteiger partial charge is 0.493 e. The summed E-state index contributed by atoms with van der Waals surface area (Å²) in [5.74, 6) is -0.763. The second-order valence-corrected chi connectivity index (χ2v) is 10.3. The van der Waals surface area contributed by atoms with Gasteiger partial charge >= 0.3 is 5.97 Å². The Kier molecular flexibility index (Phi) is 10.1. The number of carboxylic acids is 1. The number of aromatic nitrogens is 1. The fourth-order valence-electron chi connectivity index (χ4n) is 5.74. The molecular formula is C29H40N4O7. The second kappa shape index (κ2) is 13.7. The Morgan fingerprint density at radius 3 is 2.70 bits per heavy atom. The molecule has 1 amide bonds. The number of hydrogen-bond acceptors (Lipinski definition) is 8. The van der Waals surface area contributed by atoms with E-state index in [4.69, 9.17) is 19.9 Å². The fourth-order valence-corrected chi connectivity index (χ4v) is 5.74. The maximum Gasteiger partial charge on any atom is 0.308 e. The molecule has 11 nitrogen and oxygen atoms in total. The maximum atomic E-state index is 13.5. The minimum Gasteiger partial charge on any atom is -0.493 e. The third-order valence-electron chi connectivity index (χ3n) is 7.81. The molecule has 0 bridgehead atoms. The van der Waals surface area contributed by atoms with Gasteiger partial charge < -0.3 is 34.5 Å². The van der Waals surface area contributed by atoms with Gasteiger partial charge in [0.25, 0.3) is 0 Å². The van der Waals surface area contributed by atoms with E-state index < -0.39 is 23.8 Å². The van der Waals surface area contributed by atoms with Crippen LogP contribution in [0.2, 0.25) is 0 Å². The molecule has 1 fully saturated rings. The lowest BCUT2D eigenvalue weighted by atomic mass is 9.84. The highest BCUT2D eigenvalue weighted by Gasteiger charge is 2.47. The first-order valence-corrected chi connectivity index (χ1v) is 14.0. The van der Waals surface area contributed by atoms with Crippen LogP contribution in [0.4, 0.5) is 0 Å². The van der Waals surface area contributed by atoms with Crippen LogP contribution in [0.25, 0.3) is 0 Å². The van der Waals surface area contributed by atoms with E-state index in [2.05, 4.69) is 6.92 Å². The molecule has 0 saturated carbocycles. The van der Waals surface area contributed by atoms with Crippen molar-refractivity contribution < 1.29 is 28.9 Å². The molecule has 0 radical (unpaired) electrons. The van der Waals surface area contributed by atoms with Gasteiger partial charge in [-0.05, 0) is 49.6 Å². The standard InChI is InChI=1S/C29H40N4O7/c1-3-4-11-31(13-7-10-30)26(35)18-33-17-21(20-15-23(38-2)28-24(16-20)39-19-40-28)27(29(36)37)22(33)9-14-32-12-6-5-8-25(32)34/h5-6,8,12,15-16,21-22,27H,3-4,7,9-11,13-14,17-19,30H2,1-2H3,(H,36,37). The summed E-state index contributed by atoms with van der Waals surface area (Å²) in [6, 6.07) is 8.07. The minimum absolute atomic E-state index is 0.0446. The van der Waals surface area contributed by atoms with E-state index in [-0.39, 0.29) is 24.8 Å². The number of carboxylic acid groups (broad SMARTS) is 1. The number of nitrogens with zero attached hydrogens (tertiary/aromatic N) is 3. The van der Waals surface area contributed by atoms with Crippen LogP contribution in [0.3, 0.4) is 0 Å². The van der Waals surface area contributed by atoms with Crippen LogP contribution in [-0.2, 0) is 16.1 Å². The van der Waals surface area contributed by atoms with Crippen LogP contribution < -0.4 is 25.5 Å². The number of hydrogen-bond donors (Lipinski definition) is 2. The zero-order valence-electron chi connectivity index (χ0n) is 23.3. The molecule has 11 heteroatoms. The number of carbonyl (C=O) groups excluding carboxylic acids is 1. The summed E-state index contributed by atoms with van der Waals surface area (Å²) >= 11 is 0. The van der Waals surface area contributed by atoms with Crippen molar-refractivity contribution in [2.45, 2.75) is 51.1 Å². The van der Waals surface area contributed by atoms with E-state index in [1.54, 1.807) is 29.0 Å². The normalized spacial score (nSPS) is 20.0. The molecule has 3 heterocycles. The molecule has 3 atom stereocenters. The Morgan fingerprint density at radius 2 is 2.00 bits per heavy atom. The van der Waals surface area contributed by atoms with Crippen molar-refractivity contribution in [1.29, 1.82) is 0 Å². The van der Waals surface area contributed by atoms with Crippen molar-refractivity contribution in [3.05, 3.63) is 52.4 Å². The van der Waals surface area contributed by atoms with Crippen molar-refractivity contribution in [2.75, 3.05) is 46.6 Å². The van der Waals surface area contributed by atoms with Gasteiger partial charge in [0, 0.05) is 50.4 Å². The highest BCUT2D eigenvalue weighted by atomic mass is 16.7. The highest BCUT2D eigenvalue weighted by molar-refractivity contribution is 5.79. The topological polar surface area (TPSA) is 137 Å². The predicted octanol–water partition coefficient (Wildman–Crippen LogP) is 2.12. The van der Waals surface area contributed by atoms with Gasteiger partial charge in [0.2, 0.25) is 24.0 Å². The number of rotatable bonds is 14. The van der Waals surface area contributed by atoms with Gasteiger partial charge in [-0.2, -0.15) is 0 Å². The van der Waals surface area contributed by atoms with E-state index in [1.165, 1.54) is 13.2 Å². The quantitative estimate of drug-likeness (QED) is 0.359. The van der Waals surface area contributed by atoms with Gasteiger partial charge in [-0.3, -0.25) is 19.3 Å². The third kappa shape index (κ3) is 6.59. The summed E-state index contributed by atoms with van der Waals surface area (Å²) in [4.78, 5) is 42.5. The Hall–Kier alpha value is -3.57. The van der Waals surface area contributed by atoms with E-state index in [1.807, 2.05) is 15.9 Å². The molecule has 0 spiro atoms. The lowest BCUT2D eigenvalue weighted by Crippen LogP contribution is -2.45. The number of fused-ring (bicyclic) bond motifs is 1. The van der Waals surface area contributed by atoms with Crippen molar-refractivity contribution in [2.24, 2.45) is 11.7 Å². The summed E-state index contributed by atoms with van der Waals surface area (Å²) in [7, 11) is 1.53. The second-order valence-electron chi connectivity index (χ2n) is 10.3. The van der Waals surface area contributed by atoms with Gasteiger partial charge in [-0.25, -0.2) is 0 Å². The first kappa shape index (κ1) is 29.4. The molecule has 2 aliphatic rings. The van der Waals surface area contributed by atoms with Gasteiger partial charge in [0.1, 0.15) is 0 Å². The molecule has 3 unspecified atom stereocenters. The zero-order valence-corrected chi connectivity index (χ0v) is 23.3. The predicted molar refractivity (Wildman–Crippen MR) is 149 cm³/mol. The van der Waals surface area contributed by atoms with E-state index in [9.17, 15) is 19.5 Å². The Balaban J connectivity index is 1.65. The molecule has 1 aromatic heterocycles. The summed E-state index contributed by atoms with van der Waals surface area (Å²) < 4.78 is 18.2. The lowest BCUT2D eigenvalue weighted by Gasteiger charge is -2.30. The van der Waals surface area contributed by atoms with Crippen LogP contribution in [-0.4, -0.2) is 84.0 Å². The number of unbranched alkanes of at least 4 members (excludes halogenated alkanes) is 1. The molecule has 40 heavy (non-hydrogen) atoms. The number of aliphatic carboxylic acids is 1. The number of nitrogens with two attached hydrogens (primary N) is 1. The maximum absolute atomic E-state index is 13.5. The summed E-state index contributed by atoms with van der Waals surface area (Å²) in [5.41, 5.74) is 6.32. The van der Waals surface area contributed by atoms with Crippen LogP contribution in [0.1, 0.15) is 44.1 Å². The van der Waals surface area contributed by atoms with Crippen LogP contribution in [0.15, 0.2) is 41.3 Å². The van der Waals surface area contributed by atoms with Crippen LogP contribution in [0, 0.1) is 5.92 Å². The van der Waals surface area contributed by atoms with E-state index in [0.717, 1.165) is 18.4 Å². The Morgan fingerprint density at radius 1 is 1.20 bits per heavy atom. The molecule has 1 aromatic carbocycles. The lowest BCUT2D eigenvalue weighted by molar-refractivity contribution is -0.144. The number of methoxy groups -OCH3 is 1. The summed E-state index contributed by atoms with van der Waals surface area (Å²) in [6.45, 7) is 4.62. The van der Waals surface area contributed by atoms with E-state index in [0.29, 0.717) is 62.8 Å². The average Bonchev–Trinajstić information content (AvgIpc) is 3.57. The van der Waals surface area contributed by atoms with E-state index >= 15 is 0 Å². The molecule has 218 valence electrons. The number of aryl methyl sites for hydroxylation is 1. The number of likely N-dealkylation sites (tertiary alicyclic amines) is 1.